The zero-order chi connectivity index (χ0) is 15.0. The number of nitrogens with zero attached hydrogens (tertiary/aromatic N) is 2. The summed E-state index contributed by atoms with van der Waals surface area (Å²) in [4.78, 5) is 8.40. The molecule has 1 fully saturated rings. The highest BCUT2D eigenvalue weighted by atomic mass is 32.2. The van der Waals surface area contributed by atoms with Gasteiger partial charge < -0.3 is 20.6 Å². The van der Waals surface area contributed by atoms with Gasteiger partial charge in [-0.1, -0.05) is 6.07 Å². The number of aromatic nitrogens is 1. The van der Waals surface area contributed by atoms with Gasteiger partial charge in [0.1, 0.15) is 6.10 Å². The smallest absolute Gasteiger partial charge is 0.105 e. The minimum absolute atomic E-state index is 0.0715. The zero-order valence-corrected chi connectivity index (χ0v) is 12.4. The molecule has 0 amide bonds. The van der Waals surface area contributed by atoms with Crippen LogP contribution in [0.15, 0.2) is 29.5 Å². The molecule has 114 valence electrons. The third-order valence-corrected chi connectivity index (χ3v) is 5.72. The fourth-order valence-electron chi connectivity index (χ4n) is 2.90. The molecular weight excluding hydrogens is 290 g/mol. The molecule has 0 bridgehead atoms. The second kappa shape index (κ2) is 5.92. The molecule has 2 aliphatic heterocycles. The van der Waals surface area contributed by atoms with E-state index in [2.05, 4.69) is 15.3 Å². The number of aliphatic hydroxyl groups is 3. The third-order valence-electron chi connectivity index (χ3n) is 4.07. The van der Waals surface area contributed by atoms with E-state index in [1.165, 1.54) is 11.8 Å². The summed E-state index contributed by atoms with van der Waals surface area (Å²) in [6.07, 6.45) is 1.08. The maximum atomic E-state index is 10.5. The van der Waals surface area contributed by atoms with Crippen LogP contribution in [0, 0.1) is 0 Å². The number of aliphatic hydroxyl groups excluding tert-OH is 3. The van der Waals surface area contributed by atoms with Crippen molar-refractivity contribution >= 4 is 17.6 Å². The van der Waals surface area contributed by atoms with E-state index >= 15 is 0 Å². The molecule has 3 rings (SSSR count). The van der Waals surface area contributed by atoms with Gasteiger partial charge in [-0.15, -0.1) is 11.8 Å². The summed E-state index contributed by atoms with van der Waals surface area (Å²) in [5.74, 6) is 0.834. The Hall–Kier alpha value is -1.15. The highest BCUT2D eigenvalue weighted by Gasteiger charge is 2.49. The normalized spacial score (nSPS) is 36.8. The van der Waals surface area contributed by atoms with Crippen LogP contribution in [0.4, 0.5) is 0 Å². The maximum absolute atomic E-state index is 10.5. The molecule has 0 aliphatic carbocycles. The molecule has 0 aromatic carbocycles. The fourth-order valence-corrected chi connectivity index (χ4v) is 4.57. The van der Waals surface area contributed by atoms with Crippen molar-refractivity contribution in [3.63, 3.8) is 0 Å². The summed E-state index contributed by atoms with van der Waals surface area (Å²) in [6.45, 7) is 0. The monoisotopic (exact) mass is 309 g/mol. The Balaban J connectivity index is 1.80. The first-order chi connectivity index (χ1) is 10.1. The van der Waals surface area contributed by atoms with Crippen molar-refractivity contribution in [3.8, 4) is 0 Å². The number of hydrogen-bond donors (Lipinski definition) is 4. The summed E-state index contributed by atoms with van der Waals surface area (Å²) in [5.41, 5.74) is 0.646. The van der Waals surface area contributed by atoms with E-state index in [0.29, 0.717) is 12.0 Å². The Labute approximate surface area is 127 Å². The molecule has 0 spiro atoms. The molecule has 7 heteroatoms. The highest BCUT2D eigenvalue weighted by Crippen LogP contribution is 2.43. The molecule has 4 N–H and O–H groups in total. The van der Waals surface area contributed by atoms with Gasteiger partial charge >= 0.3 is 0 Å². The van der Waals surface area contributed by atoms with E-state index in [0.717, 1.165) is 5.84 Å². The molecule has 6 nitrogen and oxygen atoms in total. The summed E-state index contributed by atoms with van der Waals surface area (Å²) >= 11 is 1.49. The number of pyridine rings is 1. The van der Waals surface area contributed by atoms with E-state index in [4.69, 9.17) is 0 Å². The molecule has 21 heavy (non-hydrogen) atoms. The van der Waals surface area contributed by atoms with Gasteiger partial charge in [-0.3, -0.25) is 9.98 Å². The standard InChI is InChI=1S/C14H19N3O3S/c1-15-9-5-8-10(17-9)12(19)13(20)14(21-8)11(18)7-3-2-4-16-6-7/h2-4,6,8,10-14,18-20H,5H2,1H3,(H,15,17)/t8-,10+,11+,12-,13+,14?/m1/s1. The van der Waals surface area contributed by atoms with Gasteiger partial charge in [0, 0.05) is 36.7 Å². The van der Waals surface area contributed by atoms with Crippen molar-refractivity contribution in [2.45, 2.75) is 41.3 Å². The minimum Gasteiger partial charge on any atom is -0.389 e. The molecule has 2 aliphatic rings. The maximum Gasteiger partial charge on any atom is 0.105 e. The van der Waals surface area contributed by atoms with Crippen LogP contribution >= 0.6 is 11.8 Å². The number of aliphatic imine (C=N–C) groups is 1. The molecule has 0 radical (unpaired) electrons. The van der Waals surface area contributed by atoms with Crippen molar-refractivity contribution in [1.82, 2.24) is 10.3 Å². The molecule has 3 heterocycles. The van der Waals surface area contributed by atoms with E-state index in [9.17, 15) is 15.3 Å². The second-order valence-corrected chi connectivity index (χ2v) is 6.79. The molecule has 1 aromatic rings. The van der Waals surface area contributed by atoms with Crippen LogP contribution in [-0.4, -0.2) is 61.9 Å². The first-order valence-electron chi connectivity index (χ1n) is 6.96. The molecule has 6 atom stereocenters. The number of hydrogen-bond acceptors (Lipinski definition) is 7. The van der Waals surface area contributed by atoms with Crippen LogP contribution in [0.1, 0.15) is 18.1 Å². The minimum atomic E-state index is -1.02. The largest absolute Gasteiger partial charge is 0.389 e. The first kappa shape index (κ1) is 14.8. The molecule has 1 saturated heterocycles. The molecule has 1 aromatic heterocycles. The van der Waals surface area contributed by atoms with Crippen LogP contribution in [0.25, 0.3) is 0 Å². The molecular formula is C14H19N3O3S. The Morgan fingerprint density at radius 1 is 1.38 bits per heavy atom. The number of amidine groups is 1. The van der Waals surface area contributed by atoms with Crippen molar-refractivity contribution < 1.29 is 15.3 Å². The lowest BCUT2D eigenvalue weighted by Crippen LogP contribution is -2.52. The Morgan fingerprint density at radius 3 is 2.86 bits per heavy atom. The van der Waals surface area contributed by atoms with Gasteiger partial charge in [0.2, 0.25) is 0 Å². The third kappa shape index (κ3) is 2.66. The first-order valence-corrected chi connectivity index (χ1v) is 7.90. The van der Waals surface area contributed by atoms with Crippen LogP contribution in [0.2, 0.25) is 0 Å². The highest BCUT2D eigenvalue weighted by molar-refractivity contribution is 8.00. The van der Waals surface area contributed by atoms with Gasteiger partial charge in [0.15, 0.2) is 0 Å². The van der Waals surface area contributed by atoms with Gasteiger partial charge in [0.25, 0.3) is 0 Å². The van der Waals surface area contributed by atoms with E-state index in [1.54, 1.807) is 31.6 Å². The Kier molecular flexibility index (Phi) is 4.17. The predicted molar refractivity (Wildman–Crippen MR) is 81.3 cm³/mol. The quantitative estimate of drug-likeness (QED) is 0.599. The van der Waals surface area contributed by atoms with Gasteiger partial charge in [-0.25, -0.2) is 0 Å². The van der Waals surface area contributed by atoms with Crippen molar-refractivity contribution in [2.75, 3.05) is 7.05 Å². The summed E-state index contributed by atoms with van der Waals surface area (Å²) in [5, 5.41) is 33.7. The van der Waals surface area contributed by atoms with Crippen molar-refractivity contribution in [3.05, 3.63) is 30.1 Å². The SMILES string of the molecule is CNC1=N[C@@H]2[C@@H](O)[C@H](O)C([C@@H](O)c3cccnc3)S[C@@H]2C1. The van der Waals surface area contributed by atoms with Crippen LogP contribution < -0.4 is 5.32 Å². The van der Waals surface area contributed by atoms with E-state index < -0.39 is 23.6 Å². The lowest BCUT2D eigenvalue weighted by atomic mass is 9.95. The average Bonchev–Trinajstić information content (AvgIpc) is 2.94. The van der Waals surface area contributed by atoms with Crippen molar-refractivity contribution in [2.24, 2.45) is 4.99 Å². The van der Waals surface area contributed by atoms with Crippen LogP contribution in [0.3, 0.4) is 0 Å². The van der Waals surface area contributed by atoms with Gasteiger partial charge in [0.05, 0.1) is 29.3 Å². The number of nitrogens with one attached hydrogen (secondary N) is 1. The lowest BCUT2D eigenvalue weighted by Gasteiger charge is -2.40. The fraction of sp³-hybridized carbons (Fsp3) is 0.571. The van der Waals surface area contributed by atoms with Crippen LogP contribution in [0.5, 0.6) is 0 Å². The summed E-state index contributed by atoms with van der Waals surface area (Å²) < 4.78 is 0. The lowest BCUT2D eigenvalue weighted by molar-refractivity contribution is -0.0231. The van der Waals surface area contributed by atoms with Crippen LogP contribution in [-0.2, 0) is 0 Å². The van der Waals surface area contributed by atoms with Crippen molar-refractivity contribution in [1.29, 1.82) is 0 Å². The van der Waals surface area contributed by atoms with Gasteiger partial charge in [-0.05, 0) is 6.07 Å². The average molecular weight is 309 g/mol. The Morgan fingerprint density at radius 2 is 2.19 bits per heavy atom. The summed E-state index contributed by atoms with van der Waals surface area (Å²) in [6, 6.07) is 3.20. The zero-order valence-electron chi connectivity index (χ0n) is 11.6. The number of rotatable bonds is 2. The van der Waals surface area contributed by atoms with E-state index in [-0.39, 0.29) is 11.3 Å². The number of thioether (sulfide) groups is 1. The second-order valence-electron chi connectivity index (χ2n) is 5.37. The summed E-state index contributed by atoms with van der Waals surface area (Å²) in [7, 11) is 1.80. The molecule has 0 saturated carbocycles. The van der Waals surface area contributed by atoms with Gasteiger partial charge in [-0.2, -0.15) is 0 Å². The van der Waals surface area contributed by atoms with E-state index in [1.807, 2.05) is 0 Å². The Bertz CT molecular complexity index is 527. The molecule has 1 unspecified atom stereocenters. The topological polar surface area (TPSA) is 98.0 Å². The number of fused-ring (bicyclic) bond motifs is 1. The predicted octanol–water partition coefficient (Wildman–Crippen LogP) is -0.289.